The number of piperidine rings is 1. The molecule has 4 nitrogen and oxygen atoms in total. The fraction of sp³-hybridized carbons (Fsp3) is 0.588. The van der Waals surface area contributed by atoms with E-state index in [-0.39, 0.29) is 23.5 Å². The monoisotopic (exact) mass is 289 g/mol. The van der Waals surface area contributed by atoms with Gasteiger partial charge in [0.1, 0.15) is 5.75 Å². The standard InChI is InChI=1S/C17H23NO3/c1-21-11-12-4-3-7-18(10-12)17(20)16-9-15(16)13-5-2-6-14(19)8-13/h2,5-6,8,12,15-16,19H,3-4,7,9-11H2,1H3/t12-,15-,16-/m1/s1. The van der Waals surface area contributed by atoms with E-state index in [4.69, 9.17) is 4.74 Å². The molecule has 0 bridgehead atoms. The summed E-state index contributed by atoms with van der Waals surface area (Å²) in [5, 5.41) is 9.55. The molecule has 2 aliphatic rings. The molecular formula is C17H23NO3. The van der Waals surface area contributed by atoms with E-state index < -0.39 is 0 Å². The van der Waals surface area contributed by atoms with Crippen LogP contribution in [0.25, 0.3) is 0 Å². The first-order valence-corrected chi connectivity index (χ1v) is 7.75. The molecule has 4 heteroatoms. The fourth-order valence-electron chi connectivity index (χ4n) is 3.46. The van der Waals surface area contributed by atoms with Crippen LogP contribution in [0.3, 0.4) is 0 Å². The molecule has 21 heavy (non-hydrogen) atoms. The average Bonchev–Trinajstić information content (AvgIpc) is 3.28. The highest BCUT2D eigenvalue weighted by atomic mass is 16.5. The highest BCUT2D eigenvalue weighted by Crippen LogP contribution is 2.49. The number of benzene rings is 1. The Morgan fingerprint density at radius 2 is 2.33 bits per heavy atom. The Morgan fingerprint density at radius 3 is 3.10 bits per heavy atom. The first kappa shape index (κ1) is 14.4. The highest BCUT2D eigenvalue weighted by Gasteiger charge is 2.46. The number of carbonyl (C=O) groups excluding carboxylic acids is 1. The summed E-state index contributed by atoms with van der Waals surface area (Å²) in [4.78, 5) is 14.6. The molecular weight excluding hydrogens is 266 g/mol. The van der Waals surface area contributed by atoms with Crippen LogP contribution in [0.1, 0.15) is 30.7 Å². The number of carbonyl (C=O) groups is 1. The predicted molar refractivity (Wildman–Crippen MR) is 80.1 cm³/mol. The van der Waals surface area contributed by atoms with E-state index in [1.165, 1.54) is 0 Å². The normalized spacial score (nSPS) is 28.4. The molecule has 1 saturated heterocycles. The molecule has 3 rings (SSSR count). The number of amides is 1. The molecule has 1 aromatic rings. The van der Waals surface area contributed by atoms with Gasteiger partial charge in [-0.25, -0.2) is 0 Å². The molecule has 114 valence electrons. The van der Waals surface area contributed by atoms with Crippen molar-refractivity contribution in [1.82, 2.24) is 4.90 Å². The Labute approximate surface area is 125 Å². The van der Waals surface area contributed by atoms with Crippen LogP contribution >= 0.6 is 0 Å². The van der Waals surface area contributed by atoms with E-state index in [0.717, 1.165) is 44.5 Å². The lowest BCUT2D eigenvalue weighted by atomic mass is 9.98. The maximum absolute atomic E-state index is 12.6. The van der Waals surface area contributed by atoms with Gasteiger partial charge in [0, 0.05) is 26.1 Å². The van der Waals surface area contributed by atoms with E-state index in [9.17, 15) is 9.90 Å². The molecule has 2 fully saturated rings. The first-order valence-electron chi connectivity index (χ1n) is 7.75. The minimum atomic E-state index is 0.105. The van der Waals surface area contributed by atoms with Crippen LogP contribution in [0.2, 0.25) is 0 Å². The Kier molecular flexibility index (Phi) is 4.15. The van der Waals surface area contributed by atoms with Crippen molar-refractivity contribution in [3.63, 3.8) is 0 Å². The van der Waals surface area contributed by atoms with Crippen LogP contribution in [-0.2, 0) is 9.53 Å². The van der Waals surface area contributed by atoms with Gasteiger partial charge in [0.2, 0.25) is 5.91 Å². The van der Waals surface area contributed by atoms with Gasteiger partial charge in [-0.15, -0.1) is 0 Å². The van der Waals surface area contributed by atoms with Crippen LogP contribution in [0.5, 0.6) is 5.75 Å². The third-order valence-electron chi connectivity index (χ3n) is 4.64. The van der Waals surface area contributed by atoms with Crippen LogP contribution in [0.4, 0.5) is 0 Å². The zero-order valence-electron chi connectivity index (χ0n) is 12.5. The third-order valence-corrected chi connectivity index (χ3v) is 4.64. The Morgan fingerprint density at radius 1 is 1.48 bits per heavy atom. The number of ether oxygens (including phenoxy) is 1. The van der Waals surface area contributed by atoms with Gasteiger partial charge in [-0.3, -0.25) is 4.79 Å². The molecule has 1 amide bonds. The molecule has 1 aliphatic heterocycles. The summed E-state index contributed by atoms with van der Waals surface area (Å²) in [6.07, 6.45) is 3.13. The van der Waals surface area contributed by atoms with Gasteiger partial charge in [-0.2, -0.15) is 0 Å². The van der Waals surface area contributed by atoms with E-state index >= 15 is 0 Å². The molecule has 3 atom stereocenters. The van der Waals surface area contributed by atoms with Crippen LogP contribution < -0.4 is 0 Å². The summed E-state index contributed by atoms with van der Waals surface area (Å²) in [5.41, 5.74) is 1.08. The number of hydrogen-bond acceptors (Lipinski definition) is 3. The minimum Gasteiger partial charge on any atom is -0.508 e. The van der Waals surface area contributed by atoms with E-state index in [1.54, 1.807) is 19.2 Å². The van der Waals surface area contributed by atoms with Crippen molar-refractivity contribution in [2.24, 2.45) is 11.8 Å². The third kappa shape index (κ3) is 3.21. The summed E-state index contributed by atoms with van der Waals surface area (Å²) < 4.78 is 5.22. The quantitative estimate of drug-likeness (QED) is 0.926. The Bertz CT molecular complexity index is 515. The van der Waals surface area contributed by atoms with Crippen molar-refractivity contribution in [2.45, 2.75) is 25.2 Å². The van der Waals surface area contributed by atoms with Gasteiger partial charge in [0.05, 0.1) is 6.61 Å². The van der Waals surface area contributed by atoms with E-state index in [1.807, 2.05) is 17.0 Å². The number of phenolic OH excluding ortho intramolecular Hbond substituents is 1. The summed E-state index contributed by atoms with van der Waals surface area (Å²) in [5.74, 6) is 1.43. The smallest absolute Gasteiger partial charge is 0.226 e. The van der Waals surface area contributed by atoms with Crippen molar-refractivity contribution in [2.75, 3.05) is 26.8 Å². The molecule has 1 N–H and O–H groups in total. The number of rotatable bonds is 4. The SMILES string of the molecule is COC[C@@H]1CCCN(C(=O)[C@@H]2C[C@@H]2c2cccc(O)c2)C1. The number of hydrogen-bond donors (Lipinski definition) is 1. The van der Waals surface area contributed by atoms with Crippen molar-refractivity contribution < 1.29 is 14.6 Å². The van der Waals surface area contributed by atoms with Crippen molar-refractivity contribution >= 4 is 5.91 Å². The summed E-state index contributed by atoms with van der Waals surface area (Å²) in [7, 11) is 1.72. The predicted octanol–water partition coefficient (Wildman–Crippen LogP) is 2.38. The summed E-state index contributed by atoms with van der Waals surface area (Å²) in [6, 6.07) is 7.30. The lowest BCUT2D eigenvalue weighted by molar-refractivity contribution is -0.134. The lowest BCUT2D eigenvalue weighted by Gasteiger charge is -2.32. The molecule has 0 aromatic heterocycles. The average molecular weight is 289 g/mol. The zero-order valence-corrected chi connectivity index (χ0v) is 12.5. The minimum absolute atomic E-state index is 0.105. The number of phenols is 1. The largest absolute Gasteiger partial charge is 0.508 e. The maximum Gasteiger partial charge on any atom is 0.226 e. The number of likely N-dealkylation sites (tertiary alicyclic amines) is 1. The molecule has 1 saturated carbocycles. The first-order chi connectivity index (χ1) is 10.2. The van der Waals surface area contributed by atoms with Crippen LogP contribution in [-0.4, -0.2) is 42.7 Å². The second-order valence-corrected chi connectivity index (χ2v) is 6.29. The van der Waals surface area contributed by atoms with Crippen LogP contribution in [0.15, 0.2) is 24.3 Å². The molecule has 0 radical (unpaired) electrons. The molecule has 1 aromatic carbocycles. The van der Waals surface area contributed by atoms with Gasteiger partial charge < -0.3 is 14.7 Å². The van der Waals surface area contributed by atoms with Crippen LogP contribution in [0, 0.1) is 11.8 Å². The lowest BCUT2D eigenvalue weighted by Crippen LogP contribution is -2.42. The highest BCUT2D eigenvalue weighted by molar-refractivity contribution is 5.83. The maximum atomic E-state index is 12.6. The second-order valence-electron chi connectivity index (χ2n) is 6.29. The van der Waals surface area contributed by atoms with Gasteiger partial charge in [-0.1, -0.05) is 12.1 Å². The fourth-order valence-corrected chi connectivity index (χ4v) is 3.46. The van der Waals surface area contributed by atoms with Crippen molar-refractivity contribution in [3.05, 3.63) is 29.8 Å². The number of nitrogens with zero attached hydrogens (tertiary/aromatic N) is 1. The van der Waals surface area contributed by atoms with E-state index in [2.05, 4.69) is 0 Å². The van der Waals surface area contributed by atoms with Gasteiger partial charge >= 0.3 is 0 Å². The van der Waals surface area contributed by atoms with Crippen molar-refractivity contribution in [3.8, 4) is 5.75 Å². The Balaban J connectivity index is 1.59. The Hall–Kier alpha value is -1.55. The summed E-state index contributed by atoms with van der Waals surface area (Å²) >= 11 is 0. The molecule has 0 unspecified atom stereocenters. The zero-order chi connectivity index (χ0) is 14.8. The van der Waals surface area contributed by atoms with E-state index in [0.29, 0.717) is 5.92 Å². The van der Waals surface area contributed by atoms with Gasteiger partial charge in [0.25, 0.3) is 0 Å². The molecule has 1 aliphatic carbocycles. The van der Waals surface area contributed by atoms with Crippen molar-refractivity contribution in [1.29, 1.82) is 0 Å². The molecule has 1 heterocycles. The second kappa shape index (κ2) is 6.06. The summed E-state index contributed by atoms with van der Waals surface area (Å²) in [6.45, 7) is 2.45. The molecule has 0 spiro atoms. The number of aromatic hydroxyl groups is 1. The van der Waals surface area contributed by atoms with Gasteiger partial charge in [-0.05, 0) is 48.8 Å². The topological polar surface area (TPSA) is 49.8 Å². The number of methoxy groups -OCH3 is 1. The van der Waals surface area contributed by atoms with Gasteiger partial charge in [0.15, 0.2) is 0 Å².